The van der Waals surface area contributed by atoms with E-state index in [0.717, 1.165) is 70.2 Å². The Morgan fingerprint density at radius 1 is 1.32 bits per heavy atom. The van der Waals surface area contributed by atoms with Crippen LogP contribution in [0.2, 0.25) is 0 Å². The van der Waals surface area contributed by atoms with E-state index in [4.69, 9.17) is 4.74 Å². The molecular weight excluding hydrogens is 336 g/mol. The summed E-state index contributed by atoms with van der Waals surface area (Å²) in [7, 11) is 1.13. The van der Waals surface area contributed by atoms with Gasteiger partial charge in [-0.3, -0.25) is 14.1 Å². The van der Waals surface area contributed by atoms with Crippen molar-refractivity contribution in [3.8, 4) is 0 Å². The molecule has 3 unspecified atom stereocenters. The molecule has 2 aliphatic rings. The highest BCUT2D eigenvalue weighted by atomic mass is 32.2. The van der Waals surface area contributed by atoms with Crippen LogP contribution >= 0.6 is 0 Å². The van der Waals surface area contributed by atoms with Gasteiger partial charge >= 0.3 is 0 Å². The fraction of sp³-hybridized carbons (Fsp3) is 0.944. The maximum Gasteiger partial charge on any atom is 0.191 e. The summed E-state index contributed by atoms with van der Waals surface area (Å²) in [4.78, 5) is 6.87. The lowest BCUT2D eigenvalue weighted by atomic mass is 9.95. The summed E-state index contributed by atoms with van der Waals surface area (Å²) in [5.41, 5.74) is 0.0558. The van der Waals surface area contributed by atoms with Gasteiger partial charge in [-0.15, -0.1) is 0 Å². The maximum absolute atomic E-state index is 12.1. The van der Waals surface area contributed by atoms with Crippen molar-refractivity contribution in [2.24, 2.45) is 4.99 Å². The Morgan fingerprint density at radius 3 is 2.68 bits per heavy atom. The van der Waals surface area contributed by atoms with Gasteiger partial charge in [-0.05, 0) is 33.1 Å². The molecule has 1 heterocycles. The van der Waals surface area contributed by atoms with Crippen LogP contribution in [0, 0.1) is 0 Å². The van der Waals surface area contributed by atoms with E-state index in [9.17, 15) is 4.21 Å². The number of aliphatic imine (C=N–C) groups is 1. The van der Waals surface area contributed by atoms with E-state index in [1.807, 2.05) is 14.0 Å². The summed E-state index contributed by atoms with van der Waals surface area (Å²) < 4.78 is 17.6. The van der Waals surface area contributed by atoms with Crippen LogP contribution in [0.3, 0.4) is 0 Å². The quantitative estimate of drug-likeness (QED) is 0.544. The molecule has 0 aromatic rings. The molecule has 0 radical (unpaired) electrons. The second-order valence-electron chi connectivity index (χ2n) is 7.64. The predicted molar refractivity (Wildman–Crippen MR) is 106 cm³/mol. The SMILES string of the molecule is CCS(=O)C1CCCC(NC(=NC)NCC(C)(C)N2CCOCC2)C1. The summed E-state index contributed by atoms with van der Waals surface area (Å²) in [5, 5.41) is 7.38. The molecular formula is C18H36N4O2S. The van der Waals surface area contributed by atoms with Crippen molar-refractivity contribution < 1.29 is 8.95 Å². The number of hydrogen-bond donors (Lipinski definition) is 2. The second kappa shape index (κ2) is 9.88. The van der Waals surface area contributed by atoms with Crippen LogP contribution in [0.5, 0.6) is 0 Å². The van der Waals surface area contributed by atoms with Crippen LogP contribution in [0.15, 0.2) is 4.99 Å². The van der Waals surface area contributed by atoms with Gasteiger partial charge in [0.05, 0.1) is 13.2 Å². The Bertz CT molecular complexity index is 464. The predicted octanol–water partition coefficient (Wildman–Crippen LogP) is 1.34. The van der Waals surface area contributed by atoms with Crippen molar-refractivity contribution in [2.45, 2.75) is 63.3 Å². The van der Waals surface area contributed by atoms with Gasteiger partial charge in [0.25, 0.3) is 0 Å². The van der Waals surface area contributed by atoms with Crippen molar-refractivity contribution in [2.75, 3.05) is 45.6 Å². The lowest BCUT2D eigenvalue weighted by molar-refractivity contribution is -0.00835. The van der Waals surface area contributed by atoms with Gasteiger partial charge in [0.2, 0.25) is 0 Å². The number of nitrogens with zero attached hydrogens (tertiary/aromatic N) is 2. The first-order chi connectivity index (χ1) is 12.0. The van der Waals surface area contributed by atoms with Crippen molar-refractivity contribution >= 4 is 16.8 Å². The van der Waals surface area contributed by atoms with Crippen molar-refractivity contribution in [1.29, 1.82) is 0 Å². The minimum Gasteiger partial charge on any atom is -0.379 e. The summed E-state index contributed by atoms with van der Waals surface area (Å²) in [6.07, 6.45) is 4.35. The van der Waals surface area contributed by atoms with Gasteiger partial charge in [0.1, 0.15) is 0 Å². The highest BCUT2D eigenvalue weighted by Crippen LogP contribution is 2.23. The Kier molecular flexibility index (Phi) is 8.16. The summed E-state index contributed by atoms with van der Waals surface area (Å²) >= 11 is 0. The standard InChI is InChI=1S/C18H36N4O2S/c1-5-25(23)16-8-6-7-15(13-16)21-17(19-4)20-14-18(2,3)22-9-11-24-12-10-22/h15-16H,5-14H2,1-4H3,(H2,19,20,21). The Balaban J connectivity index is 1.82. The summed E-state index contributed by atoms with van der Waals surface area (Å²) in [6, 6.07) is 0.368. The van der Waals surface area contributed by atoms with E-state index in [2.05, 4.69) is 34.4 Å². The first-order valence-corrected chi connectivity index (χ1v) is 11.0. The van der Waals surface area contributed by atoms with E-state index in [0.29, 0.717) is 11.3 Å². The fourth-order valence-corrected chi connectivity index (χ4v) is 5.07. The van der Waals surface area contributed by atoms with Crippen LogP contribution in [-0.4, -0.2) is 77.5 Å². The number of ether oxygens (including phenoxy) is 1. The Morgan fingerprint density at radius 2 is 2.04 bits per heavy atom. The zero-order chi connectivity index (χ0) is 18.3. The molecule has 2 N–H and O–H groups in total. The first kappa shape index (κ1) is 20.6. The monoisotopic (exact) mass is 372 g/mol. The molecule has 1 saturated heterocycles. The number of guanidine groups is 1. The largest absolute Gasteiger partial charge is 0.379 e. The molecule has 7 heteroatoms. The minimum absolute atomic E-state index is 0.0558. The molecule has 1 saturated carbocycles. The molecule has 3 atom stereocenters. The Labute approximate surface area is 155 Å². The molecule has 2 fully saturated rings. The van der Waals surface area contributed by atoms with Crippen molar-refractivity contribution in [1.82, 2.24) is 15.5 Å². The molecule has 6 nitrogen and oxygen atoms in total. The summed E-state index contributed by atoms with van der Waals surface area (Å²) in [5.74, 6) is 1.62. The highest BCUT2D eigenvalue weighted by Gasteiger charge is 2.29. The molecule has 0 amide bonds. The zero-order valence-electron chi connectivity index (χ0n) is 16.3. The van der Waals surface area contributed by atoms with Crippen LogP contribution in [-0.2, 0) is 15.5 Å². The molecule has 1 aliphatic carbocycles. The van der Waals surface area contributed by atoms with Gasteiger partial charge in [-0.2, -0.15) is 0 Å². The van der Waals surface area contributed by atoms with E-state index in [-0.39, 0.29) is 5.54 Å². The third kappa shape index (κ3) is 6.22. The molecule has 1 aliphatic heterocycles. The van der Waals surface area contributed by atoms with Crippen molar-refractivity contribution in [3.63, 3.8) is 0 Å². The van der Waals surface area contributed by atoms with Crippen molar-refractivity contribution in [3.05, 3.63) is 0 Å². The lowest BCUT2D eigenvalue weighted by Crippen LogP contribution is -2.57. The van der Waals surface area contributed by atoms with Gasteiger partial charge in [-0.1, -0.05) is 13.3 Å². The summed E-state index contributed by atoms with van der Waals surface area (Å²) in [6.45, 7) is 11.0. The van der Waals surface area contributed by atoms with E-state index < -0.39 is 10.8 Å². The lowest BCUT2D eigenvalue weighted by Gasteiger charge is -2.41. The zero-order valence-corrected chi connectivity index (χ0v) is 17.2. The van der Waals surface area contributed by atoms with Gasteiger partial charge < -0.3 is 15.4 Å². The third-order valence-corrected chi connectivity index (χ3v) is 7.14. The van der Waals surface area contributed by atoms with Crippen LogP contribution in [0.4, 0.5) is 0 Å². The molecule has 25 heavy (non-hydrogen) atoms. The third-order valence-electron chi connectivity index (χ3n) is 5.40. The van der Waals surface area contributed by atoms with Gasteiger partial charge in [0.15, 0.2) is 5.96 Å². The average Bonchev–Trinajstić information content (AvgIpc) is 2.65. The normalized spacial score (nSPS) is 27.8. The fourth-order valence-electron chi connectivity index (χ4n) is 3.72. The Hall–Kier alpha value is -0.660. The molecule has 0 aromatic carbocycles. The van der Waals surface area contributed by atoms with Crippen LogP contribution < -0.4 is 10.6 Å². The minimum atomic E-state index is -0.691. The molecule has 0 aromatic heterocycles. The van der Waals surface area contributed by atoms with Gasteiger partial charge in [0, 0.05) is 60.1 Å². The number of hydrogen-bond acceptors (Lipinski definition) is 4. The van der Waals surface area contributed by atoms with E-state index in [1.165, 1.54) is 0 Å². The number of nitrogens with one attached hydrogen (secondary N) is 2. The van der Waals surface area contributed by atoms with E-state index in [1.54, 1.807) is 0 Å². The van der Waals surface area contributed by atoms with E-state index >= 15 is 0 Å². The van der Waals surface area contributed by atoms with Crippen LogP contribution in [0.25, 0.3) is 0 Å². The van der Waals surface area contributed by atoms with Crippen LogP contribution in [0.1, 0.15) is 46.5 Å². The highest BCUT2D eigenvalue weighted by molar-refractivity contribution is 7.85. The maximum atomic E-state index is 12.1. The molecule has 0 spiro atoms. The molecule has 0 bridgehead atoms. The molecule has 146 valence electrons. The van der Waals surface area contributed by atoms with Gasteiger partial charge in [-0.25, -0.2) is 0 Å². The number of rotatable bonds is 6. The number of morpholine rings is 1. The molecule has 2 rings (SSSR count). The second-order valence-corrected chi connectivity index (χ2v) is 9.64. The average molecular weight is 373 g/mol. The first-order valence-electron chi connectivity index (χ1n) is 9.63. The smallest absolute Gasteiger partial charge is 0.191 e. The topological polar surface area (TPSA) is 66.0 Å².